The van der Waals surface area contributed by atoms with Crippen LogP contribution in [0.1, 0.15) is 36.5 Å². The highest BCUT2D eigenvalue weighted by atomic mass is 127. The average molecular weight is 509 g/mol. The zero-order chi connectivity index (χ0) is 16.7. The number of carbonyl (C=O) groups is 1. The Hall–Kier alpha value is -0.830. The summed E-state index contributed by atoms with van der Waals surface area (Å²) in [5.74, 6) is 1.36. The first-order chi connectivity index (χ1) is 11.1. The number of benzene rings is 1. The van der Waals surface area contributed by atoms with Crippen LogP contribution in [0, 0.1) is 5.92 Å². The first-order valence-corrected chi connectivity index (χ1v) is 8.94. The van der Waals surface area contributed by atoms with Crippen molar-refractivity contribution in [3.63, 3.8) is 0 Å². The number of guanidine groups is 1. The number of halogens is 2. The molecule has 1 amide bonds. The molecule has 0 unspecified atom stereocenters. The van der Waals surface area contributed by atoms with Crippen LogP contribution in [-0.2, 0) is 0 Å². The SMILES string of the molecule is CC1CCN(C(N)=NCCCNC(=O)c2cccc(Br)c2)CC1.I. The summed E-state index contributed by atoms with van der Waals surface area (Å²) in [4.78, 5) is 18.5. The van der Waals surface area contributed by atoms with Crippen LogP contribution in [0.2, 0.25) is 0 Å². The number of hydrogen-bond acceptors (Lipinski definition) is 2. The Kier molecular flexibility index (Phi) is 9.65. The van der Waals surface area contributed by atoms with E-state index in [0.717, 1.165) is 29.9 Å². The van der Waals surface area contributed by atoms with Crippen molar-refractivity contribution in [2.24, 2.45) is 16.6 Å². The number of nitrogens with one attached hydrogen (secondary N) is 1. The molecule has 0 saturated carbocycles. The second kappa shape index (κ2) is 10.9. The third-order valence-corrected chi connectivity index (χ3v) is 4.58. The van der Waals surface area contributed by atoms with E-state index in [2.05, 4.69) is 38.1 Å². The van der Waals surface area contributed by atoms with Gasteiger partial charge in [-0.25, -0.2) is 0 Å². The van der Waals surface area contributed by atoms with Crippen LogP contribution in [-0.4, -0.2) is 42.9 Å². The van der Waals surface area contributed by atoms with Crippen LogP contribution in [0.15, 0.2) is 33.7 Å². The van der Waals surface area contributed by atoms with Gasteiger partial charge in [0.25, 0.3) is 5.91 Å². The van der Waals surface area contributed by atoms with E-state index in [-0.39, 0.29) is 29.9 Å². The van der Waals surface area contributed by atoms with Gasteiger partial charge in [-0.05, 0) is 43.4 Å². The maximum atomic E-state index is 12.0. The molecule has 1 fully saturated rings. The van der Waals surface area contributed by atoms with Gasteiger partial charge in [0.1, 0.15) is 0 Å². The summed E-state index contributed by atoms with van der Waals surface area (Å²) < 4.78 is 0.901. The number of rotatable bonds is 5. The molecule has 5 nitrogen and oxygen atoms in total. The molecular weight excluding hydrogens is 483 g/mol. The zero-order valence-corrected chi connectivity index (χ0v) is 17.9. The highest BCUT2D eigenvalue weighted by Gasteiger charge is 2.16. The second-order valence-corrected chi connectivity index (χ2v) is 6.94. The zero-order valence-electron chi connectivity index (χ0n) is 14.0. The Morgan fingerprint density at radius 1 is 1.42 bits per heavy atom. The van der Waals surface area contributed by atoms with E-state index in [1.54, 1.807) is 6.07 Å². The summed E-state index contributed by atoms with van der Waals surface area (Å²) in [7, 11) is 0. The summed E-state index contributed by atoms with van der Waals surface area (Å²) in [6.45, 7) is 5.50. The van der Waals surface area contributed by atoms with Crippen molar-refractivity contribution >= 4 is 51.8 Å². The summed E-state index contributed by atoms with van der Waals surface area (Å²) >= 11 is 3.36. The van der Waals surface area contributed by atoms with Crippen molar-refractivity contribution in [3.8, 4) is 0 Å². The first-order valence-electron chi connectivity index (χ1n) is 8.15. The third kappa shape index (κ3) is 6.96. The molecule has 1 saturated heterocycles. The molecule has 1 aromatic rings. The summed E-state index contributed by atoms with van der Waals surface area (Å²) in [6, 6.07) is 7.36. The van der Waals surface area contributed by atoms with Crippen LogP contribution < -0.4 is 11.1 Å². The number of piperidine rings is 1. The molecule has 24 heavy (non-hydrogen) atoms. The standard InChI is InChI=1S/C17H25BrN4O.HI/c1-13-6-10-22(11-7-13)17(19)21-9-3-8-20-16(23)14-4-2-5-15(18)12-14;/h2,4-5,12-13H,3,6-11H2,1H3,(H2,19,21)(H,20,23);1H. The van der Waals surface area contributed by atoms with Crippen molar-refractivity contribution in [2.45, 2.75) is 26.2 Å². The van der Waals surface area contributed by atoms with Gasteiger partial charge in [-0.2, -0.15) is 0 Å². The number of nitrogens with two attached hydrogens (primary N) is 1. The molecule has 3 N–H and O–H groups in total. The number of carbonyl (C=O) groups excluding carboxylic acids is 1. The van der Waals surface area contributed by atoms with E-state index in [0.29, 0.717) is 24.6 Å². The van der Waals surface area contributed by atoms with Gasteiger partial charge >= 0.3 is 0 Å². The van der Waals surface area contributed by atoms with E-state index in [4.69, 9.17) is 5.73 Å². The predicted octanol–water partition coefficient (Wildman–Crippen LogP) is 3.23. The molecule has 1 heterocycles. The van der Waals surface area contributed by atoms with Gasteiger partial charge in [-0.3, -0.25) is 9.79 Å². The summed E-state index contributed by atoms with van der Waals surface area (Å²) in [6.07, 6.45) is 3.14. The maximum Gasteiger partial charge on any atom is 0.251 e. The Morgan fingerprint density at radius 3 is 2.79 bits per heavy atom. The van der Waals surface area contributed by atoms with Gasteiger partial charge in [0.05, 0.1) is 0 Å². The number of nitrogens with zero attached hydrogens (tertiary/aromatic N) is 2. The molecule has 1 aliphatic heterocycles. The van der Waals surface area contributed by atoms with Crippen molar-refractivity contribution in [1.29, 1.82) is 0 Å². The predicted molar refractivity (Wildman–Crippen MR) is 113 cm³/mol. The van der Waals surface area contributed by atoms with Gasteiger partial charge in [-0.1, -0.05) is 28.9 Å². The largest absolute Gasteiger partial charge is 0.370 e. The molecule has 2 rings (SSSR count). The molecule has 1 aromatic carbocycles. The second-order valence-electron chi connectivity index (χ2n) is 6.03. The molecule has 0 aromatic heterocycles. The quantitative estimate of drug-likeness (QED) is 0.277. The Bertz CT molecular complexity index is 559. The molecule has 0 radical (unpaired) electrons. The van der Waals surface area contributed by atoms with E-state index >= 15 is 0 Å². The normalized spacial score (nSPS) is 15.8. The first kappa shape index (κ1) is 21.2. The lowest BCUT2D eigenvalue weighted by atomic mass is 10.00. The van der Waals surface area contributed by atoms with E-state index in [1.807, 2.05) is 18.2 Å². The molecular formula is C17H26BrIN4O. The lowest BCUT2D eigenvalue weighted by molar-refractivity contribution is 0.0953. The monoisotopic (exact) mass is 508 g/mol. The Balaban J connectivity index is 0.00000288. The fourth-order valence-electron chi connectivity index (χ4n) is 2.54. The molecule has 0 aliphatic carbocycles. The third-order valence-electron chi connectivity index (χ3n) is 4.09. The van der Waals surface area contributed by atoms with Crippen LogP contribution >= 0.6 is 39.9 Å². The van der Waals surface area contributed by atoms with Crippen molar-refractivity contribution in [3.05, 3.63) is 34.3 Å². The molecule has 0 atom stereocenters. The number of likely N-dealkylation sites (tertiary alicyclic amines) is 1. The van der Waals surface area contributed by atoms with Crippen LogP contribution in [0.3, 0.4) is 0 Å². The van der Waals surface area contributed by atoms with Crippen molar-refractivity contribution in [1.82, 2.24) is 10.2 Å². The molecule has 0 spiro atoms. The fourth-order valence-corrected chi connectivity index (χ4v) is 2.94. The highest BCUT2D eigenvalue weighted by Crippen LogP contribution is 2.15. The van der Waals surface area contributed by atoms with E-state index < -0.39 is 0 Å². The van der Waals surface area contributed by atoms with Gasteiger partial charge in [0, 0.05) is 36.2 Å². The Labute approximate surface area is 169 Å². The van der Waals surface area contributed by atoms with Crippen LogP contribution in [0.4, 0.5) is 0 Å². The summed E-state index contributed by atoms with van der Waals surface area (Å²) in [5, 5.41) is 2.90. The highest BCUT2D eigenvalue weighted by molar-refractivity contribution is 14.0. The maximum absolute atomic E-state index is 12.0. The number of amides is 1. The molecule has 7 heteroatoms. The molecule has 134 valence electrons. The smallest absolute Gasteiger partial charge is 0.251 e. The minimum absolute atomic E-state index is 0. The minimum Gasteiger partial charge on any atom is -0.370 e. The lowest BCUT2D eigenvalue weighted by Gasteiger charge is -2.31. The van der Waals surface area contributed by atoms with Crippen LogP contribution in [0.5, 0.6) is 0 Å². The van der Waals surface area contributed by atoms with Gasteiger partial charge < -0.3 is 16.0 Å². The van der Waals surface area contributed by atoms with E-state index in [1.165, 1.54) is 12.8 Å². The van der Waals surface area contributed by atoms with Gasteiger partial charge in [0.15, 0.2) is 5.96 Å². The topological polar surface area (TPSA) is 70.7 Å². The van der Waals surface area contributed by atoms with Gasteiger partial charge in [-0.15, -0.1) is 24.0 Å². The van der Waals surface area contributed by atoms with Crippen molar-refractivity contribution < 1.29 is 4.79 Å². The summed E-state index contributed by atoms with van der Waals surface area (Å²) in [5.41, 5.74) is 6.68. The van der Waals surface area contributed by atoms with Crippen molar-refractivity contribution in [2.75, 3.05) is 26.2 Å². The van der Waals surface area contributed by atoms with Gasteiger partial charge in [0.2, 0.25) is 0 Å². The Morgan fingerprint density at radius 2 is 2.12 bits per heavy atom. The molecule has 1 aliphatic rings. The number of aliphatic imine (C=N–C) groups is 1. The average Bonchev–Trinajstić information content (AvgIpc) is 2.54. The lowest BCUT2D eigenvalue weighted by Crippen LogP contribution is -2.42. The number of hydrogen-bond donors (Lipinski definition) is 2. The minimum atomic E-state index is -0.0618. The van der Waals surface area contributed by atoms with E-state index in [9.17, 15) is 4.79 Å². The molecule has 0 bridgehead atoms. The fraction of sp³-hybridized carbons (Fsp3) is 0.529. The van der Waals surface area contributed by atoms with Crippen LogP contribution in [0.25, 0.3) is 0 Å².